The van der Waals surface area contributed by atoms with Crippen LogP contribution >= 0.6 is 11.3 Å². The van der Waals surface area contributed by atoms with E-state index in [2.05, 4.69) is 20.9 Å². The summed E-state index contributed by atoms with van der Waals surface area (Å²) in [5, 5.41) is 16.7. The number of urea groups is 1. The van der Waals surface area contributed by atoms with Gasteiger partial charge in [-0.3, -0.25) is 0 Å². The lowest BCUT2D eigenvalue weighted by Crippen LogP contribution is -2.35. The standard InChI is InChI=1S/C15H13F2N5OS/c16-13-2-1-3-14(17)12(13)7-19-15(23)18-6-10-8-22(21-20-10)11-4-5-24-9-11/h1-5,8-9H,6-7H2,(H2,18,19,23). The summed E-state index contributed by atoms with van der Waals surface area (Å²) in [7, 11) is 0. The second-order valence-electron chi connectivity index (χ2n) is 4.87. The van der Waals surface area contributed by atoms with E-state index < -0.39 is 17.7 Å². The topological polar surface area (TPSA) is 71.8 Å². The first-order valence-electron chi connectivity index (χ1n) is 7.02. The highest BCUT2D eigenvalue weighted by molar-refractivity contribution is 7.08. The minimum Gasteiger partial charge on any atom is -0.334 e. The van der Waals surface area contributed by atoms with Gasteiger partial charge in [0.1, 0.15) is 17.3 Å². The van der Waals surface area contributed by atoms with Crippen molar-refractivity contribution in [1.29, 1.82) is 0 Å². The van der Waals surface area contributed by atoms with Crippen molar-refractivity contribution >= 4 is 17.4 Å². The van der Waals surface area contributed by atoms with Gasteiger partial charge in [-0.25, -0.2) is 18.3 Å². The van der Waals surface area contributed by atoms with Gasteiger partial charge >= 0.3 is 6.03 Å². The van der Waals surface area contributed by atoms with Crippen LogP contribution in [-0.4, -0.2) is 21.0 Å². The Hall–Kier alpha value is -2.81. The Morgan fingerprint density at radius 2 is 1.92 bits per heavy atom. The minimum atomic E-state index is -0.700. The van der Waals surface area contributed by atoms with E-state index in [1.807, 2.05) is 16.8 Å². The molecule has 2 amide bonds. The Balaban J connectivity index is 1.51. The van der Waals surface area contributed by atoms with Gasteiger partial charge in [0.15, 0.2) is 0 Å². The highest BCUT2D eigenvalue weighted by Crippen LogP contribution is 2.12. The first-order chi connectivity index (χ1) is 11.6. The molecule has 0 spiro atoms. The largest absolute Gasteiger partial charge is 0.334 e. The van der Waals surface area contributed by atoms with Crippen molar-refractivity contribution in [3.05, 3.63) is 64.1 Å². The number of amides is 2. The Kier molecular flexibility index (Phi) is 4.80. The highest BCUT2D eigenvalue weighted by Gasteiger charge is 2.10. The molecule has 3 rings (SSSR count). The van der Waals surface area contributed by atoms with Crippen molar-refractivity contribution in [2.45, 2.75) is 13.1 Å². The van der Waals surface area contributed by atoms with Crippen LogP contribution < -0.4 is 10.6 Å². The maximum absolute atomic E-state index is 13.5. The maximum atomic E-state index is 13.5. The number of carbonyl (C=O) groups excluding carboxylic acids is 1. The van der Waals surface area contributed by atoms with Gasteiger partial charge < -0.3 is 10.6 Å². The van der Waals surface area contributed by atoms with Crippen molar-refractivity contribution in [1.82, 2.24) is 25.6 Å². The van der Waals surface area contributed by atoms with Gasteiger partial charge in [0, 0.05) is 10.9 Å². The number of rotatable bonds is 5. The van der Waals surface area contributed by atoms with Gasteiger partial charge in [0.05, 0.1) is 25.0 Å². The van der Waals surface area contributed by atoms with E-state index in [4.69, 9.17) is 0 Å². The third-order valence-electron chi connectivity index (χ3n) is 3.23. The number of aromatic nitrogens is 3. The van der Waals surface area contributed by atoms with E-state index in [1.54, 1.807) is 10.9 Å². The van der Waals surface area contributed by atoms with Crippen LogP contribution in [0.5, 0.6) is 0 Å². The third-order valence-corrected chi connectivity index (χ3v) is 3.90. The SMILES string of the molecule is O=C(NCc1cn(-c2ccsc2)nn1)NCc1c(F)cccc1F. The molecule has 9 heteroatoms. The van der Waals surface area contributed by atoms with E-state index in [9.17, 15) is 13.6 Å². The Bertz CT molecular complexity index is 814. The normalized spacial score (nSPS) is 10.6. The quantitative estimate of drug-likeness (QED) is 0.744. The van der Waals surface area contributed by atoms with Crippen molar-refractivity contribution in [3.63, 3.8) is 0 Å². The molecule has 0 unspecified atom stereocenters. The summed E-state index contributed by atoms with van der Waals surface area (Å²) in [6.07, 6.45) is 1.69. The third kappa shape index (κ3) is 3.74. The number of carbonyl (C=O) groups is 1. The summed E-state index contributed by atoms with van der Waals surface area (Å²) in [6.45, 7) is -0.0956. The lowest BCUT2D eigenvalue weighted by molar-refractivity contribution is 0.239. The monoisotopic (exact) mass is 349 g/mol. The fourth-order valence-corrected chi connectivity index (χ4v) is 2.62. The van der Waals surface area contributed by atoms with Crippen molar-refractivity contribution in [3.8, 4) is 5.69 Å². The van der Waals surface area contributed by atoms with Gasteiger partial charge in [-0.15, -0.1) is 5.10 Å². The summed E-state index contributed by atoms with van der Waals surface area (Å²) in [4.78, 5) is 11.7. The molecule has 6 nitrogen and oxygen atoms in total. The van der Waals surface area contributed by atoms with E-state index in [1.165, 1.54) is 17.4 Å². The fraction of sp³-hybridized carbons (Fsp3) is 0.133. The predicted octanol–water partition coefficient (Wildman–Crippen LogP) is 2.61. The van der Waals surface area contributed by atoms with E-state index >= 15 is 0 Å². The number of hydrogen-bond donors (Lipinski definition) is 2. The van der Waals surface area contributed by atoms with E-state index in [0.29, 0.717) is 5.69 Å². The predicted molar refractivity (Wildman–Crippen MR) is 84.7 cm³/mol. The molecule has 0 radical (unpaired) electrons. The number of halogens is 2. The van der Waals surface area contributed by atoms with Gasteiger partial charge in [-0.2, -0.15) is 11.3 Å². The van der Waals surface area contributed by atoms with Crippen LogP contribution in [0, 0.1) is 11.6 Å². The summed E-state index contributed by atoms with van der Waals surface area (Å²) in [6, 6.07) is 4.89. The lowest BCUT2D eigenvalue weighted by atomic mass is 10.2. The zero-order valence-corrected chi connectivity index (χ0v) is 13.2. The second-order valence-corrected chi connectivity index (χ2v) is 5.65. The summed E-state index contributed by atoms with van der Waals surface area (Å²) < 4.78 is 28.5. The summed E-state index contributed by atoms with van der Waals surface area (Å²) >= 11 is 1.54. The number of nitrogens with one attached hydrogen (secondary N) is 2. The van der Waals surface area contributed by atoms with Crippen LogP contribution in [0.1, 0.15) is 11.3 Å². The van der Waals surface area contributed by atoms with E-state index in [-0.39, 0.29) is 18.7 Å². The van der Waals surface area contributed by atoms with Crippen LogP contribution in [0.15, 0.2) is 41.2 Å². The molecule has 0 saturated carbocycles. The molecule has 0 aliphatic rings. The highest BCUT2D eigenvalue weighted by atomic mass is 32.1. The van der Waals surface area contributed by atoms with Crippen molar-refractivity contribution < 1.29 is 13.6 Å². The lowest BCUT2D eigenvalue weighted by Gasteiger charge is -2.08. The molecule has 24 heavy (non-hydrogen) atoms. The van der Waals surface area contributed by atoms with Crippen LogP contribution in [0.3, 0.4) is 0 Å². The molecule has 2 N–H and O–H groups in total. The Labute approximate surface area is 140 Å². The minimum absolute atomic E-state index is 0.149. The Morgan fingerprint density at radius 1 is 1.17 bits per heavy atom. The smallest absolute Gasteiger partial charge is 0.315 e. The first kappa shape index (κ1) is 16.1. The molecule has 2 aromatic heterocycles. The van der Waals surface area contributed by atoms with Gasteiger partial charge in [-0.05, 0) is 23.6 Å². The number of thiophene rings is 1. The molecule has 0 fully saturated rings. The summed E-state index contributed by atoms with van der Waals surface area (Å²) in [5.41, 5.74) is 1.27. The number of hydrogen-bond acceptors (Lipinski definition) is 4. The molecule has 0 aliphatic heterocycles. The first-order valence-corrected chi connectivity index (χ1v) is 7.96. The van der Waals surface area contributed by atoms with Crippen molar-refractivity contribution in [2.24, 2.45) is 0 Å². The number of benzene rings is 1. The fourth-order valence-electron chi connectivity index (χ4n) is 2.00. The molecule has 124 valence electrons. The van der Waals surface area contributed by atoms with E-state index in [0.717, 1.165) is 17.8 Å². The average Bonchev–Trinajstić information content (AvgIpc) is 3.23. The molecular formula is C15H13F2N5OS. The van der Waals surface area contributed by atoms with Gasteiger partial charge in [0.25, 0.3) is 0 Å². The molecule has 0 atom stereocenters. The van der Waals surface area contributed by atoms with Crippen LogP contribution in [0.2, 0.25) is 0 Å². The zero-order chi connectivity index (χ0) is 16.9. The molecule has 0 bridgehead atoms. The molecular weight excluding hydrogens is 336 g/mol. The van der Waals surface area contributed by atoms with Crippen LogP contribution in [-0.2, 0) is 13.1 Å². The molecule has 1 aromatic carbocycles. The van der Waals surface area contributed by atoms with Gasteiger partial charge in [0.2, 0.25) is 0 Å². The number of nitrogens with zero attached hydrogens (tertiary/aromatic N) is 3. The zero-order valence-electron chi connectivity index (χ0n) is 12.4. The second kappa shape index (κ2) is 7.18. The maximum Gasteiger partial charge on any atom is 0.315 e. The molecule has 0 saturated heterocycles. The van der Waals surface area contributed by atoms with Crippen LogP contribution in [0.4, 0.5) is 13.6 Å². The van der Waals surface area contributed by atoms with Crippen molar-refractivity contribution in [2.75, 3.05) is 0 Å². The Morgan fingerprint density at radius 3 is 2.62 bits per heavy atom. The van der Waals surface area contributed by atoms with Gasteiger partial charge in [-0.1, -0.05) is 11.3 Å². The average molecular weight is 349 g/mol. The summed E-state index contributed by atoms with van der Waals surface area (Å²) in [5.74, 6) is -1.40. The molecule has 2 heterocycles. The van der Waals surface area contributed by atoms with Crippen LogP contribution in [0.25, 0.3) is 5.69 Å². The molecule has 3 aromatic rings. The molecule has 0 aliphatic carbocycles.